The number of nitrogens with two attached hydrogens (primary N) is 1. The quantitative estimate of drug-likeness (QED) is 0.673. The van der Waals surface area contributed by atoms with E-state index in [-0.39, 0.29) is 11.4 Å². The van der Waals surface area contributed by atoms with E-state index < -0.39 is 6.43 Å². The van der Waals surface area contributed by atoms with Crippen LogP contribution < -0.4 is 5.73 Å². The van der Waals surface area contributed by atoms with E-state index in [1.54, 1.807) is 14.0 Å². The molecule has 0 unspecified atom stereocenters. The molecule has 3 nitrogen and oxygen atoms in total. The van der Waals surface area contributed by atoms with Crippen LogP contribution in [0.15, 0.2) is 0 Å². The number of hydrogen-bond acceptors (Lipinski definition) is 2. The van der Waals surface area contributed by atoms with Crippen LogP contribution in [-0.2, 0) is 7.05 Å². The van der Waals surface area contributed by atoms with Gasteiger partial charge in [0, 0.05) is 7.05 Å². The SMILES string of the molecule is Cc1c(N)c(C(F)F)nn1C. The van der Waals surface area contributed by atoms with E-state index in [1.165, 1.54) is 4.68 Å². The van der Waals surface area contributed by atoms with Crippen LogP contribution in [0.1, 0.15) is 17.8 Å². The van der Waals surface area contributed by atoms with Gasteiger partial charge in [0.05, 0.1) is 11.4 Å². The maximum absolute atomic E-state index is 12.1. The van der Waals surface area contributed by atoms with Crippen LogP contribution in [-0.4, -0.2) is 9.78 Å². The smallest absolute Gasteiger partial charge is 0.284 e. The molecule has 1 aromatic heterocycles. The first kappa shape index (κ1) is 7.97. The highest BCUT2D eigenvalue weighted by molar-refractivity contribution is 5.48. The Morgan fingerprint density at radius 1 is 1.55 bits per heavy atom. The summed E-state index contributed by atoms with van der Waals surface area (Å²) >= 11 is 0. The molecule has 0 spiro atoms. The summed E-state index contributed by atoms with van der Waals surface area (Å²) in [4.78, 5) is 0. The van der Waals surface area contributed by atoms with Crippen molar-refractivity contribution < 1.29 is 8.78 Å². The van der Waals surface area contributed by atoms with Crippen LogP contribution in [0.2, 0.25) is 0 Å². The topological polar surface area (TPSA) is 43.8 Å². The summed E-state index contributed by atoms with van der Waals surface area (Å²) in [5, 5.41) is 3.55. The monoisotopic (exact) mass is 161 g/mol. The lowest BCUT2D eigenvalue weighted by Crippen LogP contribution is -1.93. The molecule has 1 rings (SSSR count). The molecular formula is C6H9F2N3. The van der Waals surface area contributed by atoms with Gasteiger partial charge in [-0.1, -0.05) is 0 Å². The summed E-state index contributed by atoms with van der Waals surface area (Å²) in [6.45, 7) is 1.65. The molecular weight excluding hydrogens is 152 g/mol. The Labute approximate surface area is 62.8 Å². The molecule has 1 heterocycles. The lowest BCUT2D eigenvalue weighted by Gasteiger charge is -1.93. The molecule has 0 amide bonds. The molecule has 0 aliphatic carbocycles. The van der Waals surface area contributed by atoms with Gasteiger partial charge in [-0.2, -0.15) is 5.10 Å². The maximum atomic E-state index is 12.1. The molecule has 0 aliphatic rings. The van der Waals surface area contributed by atoms with Crippen LogP contribution in [0.25, 0.3) is 0 Å². The van der Waals surface area contributed by atoms with E-state index >= 15 is 0 Å². The van der Waals surface area contributed by atoms with E-state index in [4.69, 9.17) is 5.73 Å². The molecule has 0 saturated heterocycles. The third kappa shape index (κ3) is 1.18. The van der Waals surface area contributed by atoms with Crippen molar-refractivity contribution in [3.05, 3.63) is 11.4 Å². The molecule has 0 bridgehead atoms. The standard InChI is InChI=1S/C6H9F2N3/c1-3-4(9)5(6(7)8)10-11(3)2/h6H,9H2,1-2H3. The van der Waals surface area contributed by atoms with Gasteiger partial charge in [-0.3, -0.25) is 4.68 Å². The molecule has 5 heteroatoms. The minimum Gasteiger partial charge on any atom is -0.396 e. The maximum Gasteiger partial charge on any atom is 0.284 e. The molecule has 0 atom stereocenters. The minimum absolute atomic E-state index is 0.0856. The van der Waals surface area contributed by atoms with E-state index in [0.717, 1.165) is 0 Å². The van der Waals surface area contributed by atoms with Gasteiger partial charge in [0.25, 0.3) is 6.43 Å². The van der Waals surface area contributed by atoms with Gasteiger partial charge in [-0.15, -0.1) is 0 Å². The first-order chi connectivity index (χ1) is 5.04. The number of aryl methyl sites for hydroxylation is 1. The van der Waals surface area contributed by atoms with E-state index in [1.807, 2.05) is 0 Å². The zero-order valence-electron chi connectivity index (χ0n) is 6.31. The lowest BCUT2D eigenvalue weighted by molar-refractivity contribution is 0.146. The Kier molecular flexibility index (Phi) is 1.80. The van der Waals surface area contributed by atoms with Gasteiger partial charge in [0.1, 0.15) is 0 Å². The highest BCUT2D eigenvalue weighted by Crippen LogP contribution is 2.25. The second-order valence-corrected chi connectivity index (χ2v) is 2.31. The Bertz CT molecular complexity index is 267. The zero-order valence-corrected chi connectivity index (χ0v) is 6.31. The Morgan fingerprint density at radius 3 is 2.27 bits per heavy atom. The molecule has 0 aliphatic heterocycles. The average Bonchev–Trinajstić information content (AvgIpc) is 2.17. The summed E-state index contributed by atoms with van der Waals surface area (Å²) in [5.74, 6) is 0. The summed E-state index contributed by atoms with van der Waals surface area (Å²) in [5.41, 5.74) is 5.67. The number of aromatic nitrogens is 2. The van der Waals surface area contributed by atoms with Crippen molar-refractivity contribution in [1.29, 1.82) is 0 Å². The van der Waals surface area contributed by atoms with Crippen molar-refractivity contribution in [2.45, 2.75) is 13.3 Å². The largest absolute Gasteiger partial charge is 0.396 e. The lowest BCUT2D eigenvalue weighted by atomic mass is 10.3. The predicted octanol–water partition coefficient (Wildman–Crippen LogP) is 1.25. The third-order valence-electron chi connectivity index (χ3n) is 1.62. The summed E-state index contributed by atoms with van der Waals surface area (Å²) in [7, 11) is 1.58. The van der Waals surface area contributed by atoms with Gasteiger partial charge < -0.3 is 5.73 Å². The van der Waals surface area contributed by atoms with E-state index in [0.29, 0.717) is 5.69 Å². The summed E-state index contributed by atoms with van der Waals surface area (Å²) in [6.07, 6.45) is -2.59. The van der Waals surface area contributed by atoms with Gasteiger partial charge in [-0.25, -0.2) is 8.78 Å². The fourth-order valence-electron chi connectivity index (χ4n) is 0.811. The number of halogens is 2. The number of anilines is 1. The van der Waals surface area contributed by atoms with Gasteiger partial charge in [0.2, 0.25) is 0 Å². The summed E-state index contributed by atoms with van der Waals surface area (Å²) in [6, 6.07) is 0. The fraction of sp³-hybridized carbons (Fsp3) is 0.500. The first-order valence-electron chi connectivity index (χ1n) is 3.11. The average molecular weight is 161 g/mol. The molecule has 2 N–H and O–H groups in total. The number of nitrogens with zero attached hydrogens (tertiary/aromatic N) is 2. The van der Waals surface area contributed by atoms with Crippen LogP contribution in [0.3, 0.4) is 0 Å². The molecule has 0 aromatic carbocycles. The molecule has 1 aromatic rings. The van der Waals surface area contributed by atoms with Gasteiger partial charge >= 0.3 is 0 Å². The second-order valence-electron chi connectivity index (χ2n) is 2.31. The fourth-order valence-corrected chi connectivity index (χ4v) is 0.811. The number of rotatable bonds is 1. The Morgan fingerprint density at radius 2 is 2.09 bits per heavy atom. The molecule has 0 fully saturated rings. The molecule has 0 radical (unpaired) electrons. The minimum atomic E-state index is -2.59. The van der Waals surface area contributed by atoms with Gasteiger partial charge in [0.15, 0.2) is 5.69 Å². The molecule has 62 valence electrons. The third-order valence-corrected chi connectivity index (χ3v) is 1.62. The zero-order chi connectivity index (χ0) is 8.59. The Hall–Kier alpha value is -1.13. The first-order valence-corrected chi connectivity index (χ1v) is 3.11. The van der Waals surface area contributed by atoms with Crippen molar-refractivity contribution in [3.63, 3.8) is 0 Å². The van der Waals surface area contributed by atoms with Crippen molar-refractivity contribution >= 4 is 5.69 Å². The van der Waals surface area contributed by atoms with Crippen molar-refractivity contribution in [2.75, 3.05) is 5.73 Å². The van der Waals surface area contributed by atoms with Crippen molar-refractivity contribution in [2.24, 2.45) is 7.05 Å². The summed E-state index contributed by atoms with van der Waals surface area (Å²) < 4.78 is 25.5. The number of alkyl halides is 2. The number of nitrogen functional groups attached to an aromatic ring is 1. The van der Waals surface area contributed by atoms with Crippen molar-refractivity contribution in [3.8, 4) is 0 Å². The van der Waals surface area contributed by atoms with Crippen LogP contribution in [0, 0.1) is 6.92 Å². The normalized spacial score (nSPS) is 11.0. The van der Waals surface area contributed by atoms with Crippen molar-refractivity contribution in [1.82, 2.24) is 9.78 Å². The predicted molar refractivity (Wildman–Crippen MR) is 37.3 cm³/mol. The molecule has 0 saturated carbocycles. The van der Waals surface area contributed by atoms with Crippen LogP contribution in [0.5, 0.6) is 0 Å². The highest BCUT2D eigenvalue weighted by Gasteiger charge is 2.17. The second kappa shape index (κ2) is 2.48. The highest BCUT2D eigenvalue weighted by atomic mass is 19.3. The molecule has 11 heavy (non-hydrogen) atoms. The Balaban J connectivity index is 3.19. The number of hydrogen-bond donors (Lipinski definition) is 1. The van der Waals surface area contributed by atoms with Gasteiger partial charge in [-0.05, 0) is 6.92 Å². The van der Waals surface area contributed by atoms with Crippen LogP contribution in [0.4, 0.5) is 14.5 Å². The van der Waals surface area contributed by atoms with E-state index in [9.17, 15) is 8.78 Å². The van der Waals surface area contributed by atoms with E-state index in [2.05, 4.69) is 5.10 Å². The van der Waals surface area contributed by atoms with Crippen LogP contribution >= 0.6 is 0 Å².